The fourth-order valence-electron chi connectivity index (χ4n) is 2.37. The van der Waals surface area contributed by atoms with Crippen LogP contribution in [0.15, 0.2) is 34.3 Å². The van der Waals surface area contributed by atoms with Crippen LogP contribution in [0.3, 0.4) is 0 Å². The molecular formula is C17H22N4O2S. The van der Waals surface area contributed by atoms with E-state index in [-0.39, 0.29) is 17.2 Å². The average molecular weight is 346 g/mol. The van der Waals surface area contributed by atoms with E-state index in [4.69, 9.17) is 0 Å². The second kappa shape index (κ2) is 8.10. The van der Waals surface area contributed by atoms with Gasteiger partial charge in [-0.1, -0.05) is 57.7 Å². The van der Waals surface area contributed by atoms with Crippen LogP contribution in [0.4, 0.5) is 5.69 Å². The summed E-state index contributed by atoms with van der Waals surface area (Å²) < 4.78 is 0. The molecule has 24 heavy (non-hydrogen) atoms. The van der Waals surface area contributed by atoms with Crippen LogP contribution in [0.25, 0.3) is 0 Å². The highest BCUT2D eigenvalue weighted by molar-refractivity contribution is 7.99. The van der Waals surface area contributed by atoms with Crippen LogP contribution < -0.4 is 10.9 Å². The van der Waals surface area contributed by atoms with Crippen molar-refractivity contribution in [3.63, 3.8) is 0 Å². The van der Waals surface area contributed by atoms with Gasteiger partial charge in [-0.25, -0.2) is 0 Å². The molecule has 0 fully saturated rings. The number of carbonyl (C=O) groups excluding carboxylic acids is 1. The molecule has 0 saturated carbocycles. The first kappa shape index (κ1) is 18.2. The largest absolute Gasteiger partial charge is 0.325 e. The summed E-state index contributed by atoms with van der Waals surface area (Å²) in [6.07, 6.45) is 1.10. The standard InChI is InChI=1S/C17H22N4O2S/c1-10(2)12-6-5-7-13(11(3)4)16(12)19-15(23)9-24-17-20-14(22)8-18-21-17/h5-8,10-11H,9H2,1-4H3,(H,19,23)(H,20,21,22). The number of para-hydroxylation sites is 1. The van der Waals surface area contributed by atoms with Crippen molar-refractivity contribution in [2.45, 2.75) is 44.7 Å². The molecular weight excluding hydrogens is 324 g/mol. The van der Waals surface area contributed by atoms with Crippen molar-refractivity contribution >= 4 is 23.4 Å². The molecule has 1 heterocycles. The summed E-state index contributed by atoms with van der Waals surface area (Å²) in [6.45, 7) is 8.42. The fraction of sp³-hybridized carbons (Fsp3) is 0.412. The molecule has 7 heteroatoms. The third-order valence-electron chi connectivity index (χ3n) is 3.53. The van der Waals surface area contributed by atoms with Gasteiger partial charge in [0.1, 0.15) is 6.20 Å². The second-order valence-electron chi connectivity index (χ2n) is 6.10. The molecule has 0 unspecified atom stereocenters. The molecule has 2 rings (SSSR count). The van der Waals surface area contributed by atoms with Gasteiger partial charge in [-0.15, -0.1) is 5.10 Å². The van der Waals surface area contributed by atoms with Gasteiger partial charge in [0.25, 0.3) is 5.56 Å². The third kappa shape index (κ3) is 4.67. The molecule has 1 amide bonds. The average Bonchev–Trinajstić information content (AvgIpc) is 2.52. The van der Waals surface area contributed by atoms with Gasteiger partial charge in [-0.05, 0) is 23.0 Å². The van der Waals surface area contributed by atoms with E-state index >= 15 is 0 Å². The Morgan fingerprint density at radius 2 is 1.83 bits per heavy atom. The van der Waals surface area contributed by atoms with Crippen molar-refractivity contribution in [3.05, 3.63) is 45.9 Å². The molecule has 0 atom stereocenters. The molecule has 1 aromatic heterocycles. The number of nitrogens with one attached hydrogen (secondary N) is 2. The zero-order valence-corrected chi connectivity index (χ0v) is 15.1. The first-order valence-corrected chi connectivity index (χ1v) is 8.84. The van der Waals surface area contributed by atoms with Gasteiger partial charge in [-0.2, -0.15) is 5.10 Å². The maximum absolute atomic E-state index is 12.3. The Bertz CT molecular complexity index is 745. The number of hydrogen-bond acceptors (Lipinski definition) is 5. The van der Waals surface area contributed by atoms with E-state index in [0.717, 1.165) is 34.8 Å². The summed E-state index contributed by atoms with van der Waals surface area (Å²) in [5.74, 6) is 0.631. The summed E-state index contributed by atoms with van der Waals surface area (Å²) >= 11 is 1.15. The summed E-state index contributed by atoms with van der Waals surface area (Å²) in [6, 6.07) is 6.11. The van der Waals surface area contributed by atoms with Crippen LogP contribution in [0.1, 0.15) is 50.7 Å². The number of H-pyrrole nitrogens is 1. The molecule has 6 nitrogen and oxygen atoms in total. The van der Waals surface area contributed by atoms with Crippen LogP contribution in [0.2, 0.25) is 0 Å². The number of amides is 1. The lowest BCUT2D eigenvalue weighted by Crippen LogP contribution is -2.18. The number of thioether (sulfide) groups is 1. The van der Waals surface area contributed by atoms with Crippen LogP contribution >= 0.6 is 11.8 Å². The van der Waals surface area contributed by atoms with E-state index in [2.05, 4.69) is 48.2 Å². The van der Waals surface area contributed by atoms with Gasteiger partial charge in [0.2, 0.25) is 5.91 Å². The van der Waals surface area contributed by atoms with Crippen molar-refractivity contribution in [1.29, 1.82) is 0 Å². The summed E-state index contributed by atoms with van der Waals surface area (Å²) in [5.41, 5.74) is 2.79. The first-order chi connectivity index (χ1) is 11.4. The van der Waals surface area contributed by atoms with Crippen molar-refractivity contribution in [3.8, 4) is 0 Å². The number of hydrogen-bond donors (Lipinski definition) is 2. The van der Waals surface area contributed by atoms with E-state index in [0.29, 0.717) is 17.0 Å². The lowest BCUT2D eigenvalue weighted by molar-refractivity contribution is -0.113. The SMILES string of the molecule is CC(C)c1cccc(C(C)C)c1NC(=O)CSc1nncc(=O)[nH]1. The van der Waals surface area contributed by atoms with Crippen molar-refractivity contribution in [2.24, 2.45) is 0 Å². The molecule has 0 aliphatic heterocycles. The minimum absolute atomic E-state index is 0.137. The van der Waals surface area contributed by atoms with Crippen LogP contribution in [-0.4, -0.2) is 26.8 Å². The predicted octanol–water partition coefficient (Wildman–Crippen LogP) is 3.14. The van der Waals surface area contributed by atoms with E-state index in [9.17, 15) is 9.59 Å². The zero-order chi connectivity index (χ0) is 17.7. The van der Waals surface area contributed by atoms with Crippen molar-refractivity contribution in [2.75, 3.05) is 11.1 Å². The van der Waals surface area contributed by atoms with E-state index in [1.54, 1.807) is 0 Å². The van der Waals surface area contributed by atoms with Gasteiger partial charge in [0.15, 0.2) is 5.16 Å². The Kier molecular flexibility index (Phi) is 6.14. The molecule has 0 saturated heterocycles. The number of rotatable bonds is 6. The van der Waals surface area contributed by atoms with E-state index in [1.807, 2.05) is 18.2 Å². The molecule has 0 radical (unpaired) electrons. The van der Waals surface area contributed by atoms with E-state index in [1.165, 1.54) is 0 Å². The molecule has 0 aliphatic rings. The van der Waals surface area contributed by atoms with Gasteiger partial charge < -0.3 is 5.32 Å². The Labute approximate surface area is 145 Å². The van der Waals surface area contributed by atoms with Crippen LogP contribution in [0, 0.1) is 0 Å². The highest BCUT2D eigenvalue weighted by atomic mass is 32.2. The van der Waals surface area contributed by atoms with E-state index < -0.39 is 0 Å². The number of nitrogens with zero attached hydrogens (tertiary/aromatic N) is 2. The molecule has 128 valence electrons. The van der Waals surface area contributed by atoms with Crippen LogP contribution in [0.5, 0.6) is 0 Å². The number of aromatic nitrogens is 3. The minimum atomic E-state index is -0.333. The monoisotopic (exact) mass is 346 g/mol. The third-order valence-corrected chi connectivity index (χ3v) is 4.39. The summed E-state index contributed by atoms with van der Waals surface area (Å²) in [5, 5.41) is 10.7. The molecule has 0 aliphatic carbocycles. The molecule has 2 aromatic rings. The lowest BCUT2D eigenvalue weighted by atomic mass is 9.92. The Hall–Kier alpha value is -2.15. The summed E-state index contributed by atoms with van der Waals surface area (Å²) in [7, 11) is 0. The smallest absolute Gasteiger partial charge is 0.270 e. The maximum Gasteiger partial charge on any atom is 0.270 e. The fourth-order valence-corrected chi connectivity index (χ4v) is 2.98. The highest BCUT2D eigenvalue weighted by Crippen LogP contribution is 2.32. The highest BCUT2D eigenvalue weighted by Gasteiger charge is 2.16. The van der Waals surface area contributed by atoms with Crippen LogP contribution in [-0.2, 0) is 4.79 Å². The quantitative estimate of drug-likeness (QED) is 0.785. The van der Waals surface area contributed by atoms with Crippen molar-refractivity contribution in [1.82, 2.24) is 15.2 Å². The topological polar surface area (TPSA) is 87.7 Å². The molecule has 2 N–H and O–H groups in total. The Morgan fingerprint density at radius 1 is 1.21 bits per heavy atom. The Morgan fingerprint density at radius 3 is 2.38 bits per heavy atom. The molecule has 1 aromatic carbocycles. The van der Waals surface area contributed by atoms with Crippen molar-refractivity contribution < 1.29 is 4.79 Å². The summed E-state index contributed by atoms with van der Waals surface area (Å²) in [4.78, 5) is 26.1. The second-order valence-corrected chi connectivity index (χ2v) is 7.06. The maximum atomic E-state index is 12.3. The Balaban J connectivity index is 2.14. The number of benzene rings is 1. The lowest BCUT2D eigenvalue weighted by Gasteiger charge is -2.20. The molecule has 0 spiro atoms. The van der Waals surface area contributed by atoms with Gasteiger partial charge in [-0.3, -0.25) is 14.6 Å². The van der Waals surface area contributed by atoms with Gasteiger partial charge >= 0.3 is 0 Å². The first-order valence-electron chi connectivity index (χ1n) is 7.86. The normalized spacial score (nSPS) is 11.1. The van der Waals surface area contributed by atoms with Gasteiger partial charge in [0, 0.05) is 5.69 Å². The number of carbonyl (C=O) groups is 1. The van der Waals surface area contributed by atoms with Gasteiger partial charge in [0.05, 0.1) is 5.75 Å². The molecule has 0 bridgehead atoms. The zero-order valence-electron chi connectivity index (χ0n) is 14.3. The predicted molar refractivity (Wildman–Crippen MR) is 96.6 cm³/mol. The minimum Gasteiger partial charge on any atom is -0.325 e. The number of aromatic amines is 1. The number of anilines is 1.